The first-order valence-corrected chi connectivity index (χ1v) is 7.54. The summed E-state index contributed by atoms with van der Waals surface area (Å²) in [6.07, 6.45) is 0. The quantitative estimate of drug-likeness (QED) is 0.647. The van der Waals surface area contributed by atoms with Crippen LogP contribution in [-0.2, 0) is 11.3 Å². The molecule has 0 aromatic heterocycles. The first-order chi connectivity index (χ1) is 10.5. The normalized spacial score (nSPS) is 12.3. The predicted molar refractivity (Wildman–Crippen MR) is 93.9 cm³/mol. The molecular formula is C18H26N4O. The summed E-state index contributed by atoms with van der Waals surface area (Å²) >= 11 is 0. The molecule has 0 atom stereocenters. The Balaban J connectivity index is 2.53. The molecule has 0 fully saturated rings. The molecule has 2 rings (SSSR count). The monoisotopic (exact) mass is 314 g/mol. The van der Waals surface area contributed by atoms with Crippen LogP contribution in [-0.4, -0.2) is 0 Å². The van der Waals surface area contributed by atoms with Crippen LogP contribution in [0.15, 0.2) is 36.4 Å². The van der Waals surface area contributed by atoms with Crippen LogP contribution in [0.1, 0.15) is 36.1 Å². The lowest BCUT2D eigenvalue weighted by Gasteiger charge is -2.26. The van der Waals surface area contributed by atoms with Crippen molar-refractivity contribution in [2.24, 2.45) is 22.9 Å². The molecule has 0 aliphatic rings. The third-order valence-electron chi connectivity index (χ3n) is 3.65. The van der Waals surface area contributed by atoms with E-state index in [2.05, 4.69) is 0 Å². The van der Waals surface area contributed by atoms with Crippen LogP contribution in [0.25, 0.3) is 0 Å². The van der Waals surface area contributed by atoms with Crippen molar-refractivity contribution >= 4 is 0 Å². The number of ether oxygens (including phenoxy) is 1. The summed E-state index contributed by atoms with van der Waals surface area (Å²) < 4.78 is 6.08. The minimum atomic E-state index is -1.01. The molecule has 0 amide bonds. The summed E-state index contributed by atoms with van der Waals surface area (Å²) in [5.74, 6) is 1.19. The van der Waals surface area contributed by atoms with E-state index in [9.17, 15) is 0 Å². The Morgan fingerprint density at radius 1 is 0.696 bits per heavy atom. The average Bonchev–Trinajstić information content (AvgIpc) is 2.40. The lowest BCUT2D eigenvalue weighted by molar-refractivity contribution is 0.417. The Morgan fingerprint density at radius 2 is 1.04 bits per heavy atom. The van der Waals surface area contributed by atoms with Crippen molar-refractivity contribution in [3.63, 3.8) is 0 Å². The van der Waals surface area contributed by atoms with E-state index in [0.717, 1.165) is 22.3 Å². The maximum Gasteiger partial charge on any atom is 0.133 e. The first-order valence-electron chi connectivity index (χ1n) is 7.54. The highest BCUT2D eigenvalue weighted by Gasteiger charge is 2.24. The third kappa shape index (κ3) is 4.09. The summed E-state index contributed by atoms with van der Waals surface area (Å²) in [4.78, 5) is 0. The SMILES string of the molecule is Cc1ccc(Oc2ccc(C)cc2C(C)(N)N)c(C(C)(N)N)c1. The average molecular weight is 314 g/mol. The molecule has 0 unspecified atom stereocenters. The lowest BCUT2D eigenvalue weighted by atomic mass is 9.98. The zero-order valence-electron chi connectivity index (χ0n) is 14.2. The van der Waals surface area contributed by atoms with E-state index in [4.69, 9.17) is 27.7 Å². The Bertz CT molecular complexity index is 650. The molecule has 5 heteroatoms. The van der Waals surface area contributed by atoms with E-state index in [0.29, 0.717) is 11.5 Å². The van der Waals surface area contributed by atoms with E-state index in [1.165, 1.54) is 0 Å². The molecule has 5 nitrogen and oxygen atoms in total. The number of nitrogens with two attached hydrogens (primary N) is 4. The topological polar surface area (TPSA) is 113 Å². The van der Waals surface area contributed by atoms with E-state index in [1.54, 1.807) is 13.8 Å². The van der Waals surface area contributed by atoms with Gasteiger partial charge in [-0.1, -0.05) is 23.3 Å². The molecule has 0 bridgehead atoms. The van der Waals surface area contributed by atoms with E-state index < -0.39 is 11.3 Å². The van der Waals surface area contributed by atoms with E-state index in [1.807, 2.05) is 50.2 Å². The Morgan fingerprint density at radius 3 is 1.35 bits per heavy atom. The molecule has 23 heavy (non-hydrogen) atoms. The van der Waals surface area contributed by atoms with Gasteiger partial charge in [-0.3, -0.25) is 0 Å². The molecule has 0 heterocycles. The van der Waals surface area contributed by atoms with Crippen molar-refractivity contribution in [1.82, 2.24) is 0 Å². The van der Waals surface area contributed by atoms with Crippen molar-refractivity contribution in [3.8, 4) is 11.5 Å². The molecule has 0 spiro atoms. The molecule has 2 aromatic carbocycles. The van der Waals surface area contributed by atoms with Gasteiger partial charge in [0.05, 0.1) is 11.3 Å². The maximum absolute atomic E-state index is 6.08. The van der Waals surface area contributed by atoms with Gasteiger partial charge in [0, 0.05) is 11.1 Å². The molecule has 0 saturated carbocycles. The fourth-order valence-corrected chi connectivity index (χ4v) is 2.43. The summed E-state index contributed by atoms with van der Waals surface area (Å²) in [6.45, 7) is 7.43. The van der Waals surface area contributed by atoms with Crippen LogP contribution in [0.3, 0.4) is 0 Å². The highest BCUT2D eigenvalue weighted by molar-refractivity contribution is 5.47. The van der Waals surface area contributed by atoms with Gasteiger partial charge in [0.25, 0.3) is 0 Å². The van der Waals surface area contributed by atoms with E-state index in [-0.39, 0.29) is 0 Å². The van der Waals surface area contributed by atoms with Crippen LogP contribution in [0.4, 0.5) is 0 Å². The molecule has 8 N–H and O–H groups in total. The summed E-state index contributed by atoms with van der Waals surface area (Å²) in [7, 11) is 0. The van der Waals surface area contributed by atoms with Gasteiger partial charge in [-0.2, -0.15) is 0 Å². The first kappa shape index (κ1) is 17.4. The Kier molecular flexibility index (Phi) is 4.50. The molecule has 0 saturated heterocycles. The van der Waals surface area contributed by atoms with Crippen LogP contribution in [0.5, 0.6) is 11.5 Å². The van der Waals surface area contributed by atoms with Crippen molar-refractivity contribution in [1.29, 1.82) is 0 Å². The van der Waals surface area contributed by atoms with Gasteiger partial charge in [-0.25, -0.2) is 0 Å². The van der Waals surface area contributed by atoms with Gasteiger partial charge in [-0.05, 0) is 52.0 Å². The summed E-state index contributed by atoms with van der Waals surface area (Å²) in [5, 5.41) is 0. The van der Waals surface area contributed by atoms with Crippen molar-refractivity contribution in [3.05, 3.63) is 58.7 Å². The maximum atomic E-state index is 6.08. The van der Waals surface area contributed by atoms with Crippen LogP contribution < -0.4 is 27.7 Å². The number of aryl methyl sites for hydroxylation is 2. The Labute approximate surface area is 137 Å². The number of rotatable bonds is 4. The van der Waals surface area contributed by atoms with Gasteiger partial charge in [0.1, 0.15) is 11.5 Å². The minimum Gasteiger partial charge on any atom is -0.457 e. The highest BCUT2D eigenvalue weighted by atomic mass is 16.5. The molecule has 0 radical (unpaired) electrons. The van der Waals surface area contributed by atoms with Gasteiger partial charge in [0.2, 0.25) is 0 Å². The Hall–Kier alpha value is -1.92. The van der Waals surface area contributed by atoms with Crippen molar-refractivity contribution in [2.45, 2.75) is 39.0 Å². The van der Waals surface area contributed by atoms with Gasteiger partial charge < -0.3 is 27.7 Å². The zero-order chi connectivity index (χ0) is 17.4. The molecular weight excluding hydrogens is 288 g/mol. The van der Waals surface area contributed by atoms with Crippen LogP contribution in [0.2, 0.25) is 0 Å². The fraction of sp³-hybridized carbons (Fsp3) is 0.333. The standard InChI is InChI=1S/C18H26N4O/c1-11-5-7-15(13(9-11)17(3,19)20)23-16-8-6-12(2)10-14(16)18(4,21)22/h5-10H,19-22H2,1-4H3. The third-order valence-corrected chi connectivity index (χ3v) is 3.65. The zero-order valence-corrected chi connectivity index (χ0v) is 14.2. The van der Waals surface area contributed by atoms with Gasteiger partial charge >= 0.3 is 0 Å². The largest absolute Gasteiger partial charge is 0.457 e. The highest BCUT2D eigenvalue weighted by Crippen LogP contribution is 2.34. The van der Waals surface area contributed by atoms with Crippen molar-refractivity contribution < 1.29 is 4.74 Å². The second-order valence-electron chi connectivity index (χ2n) is 6.67. The van der Waals surface area contributed by atoms with Crippen LogP contribution in [0, 0.1) is 13.8 Å². The van der Waals surface area contributed by atoms with Gasteiger partial charge in [0.15, 0.2) is 0 Å². The van der Waals surface area contributed by atoms with Crippen LogP contribution >= 0.6 is 0 Å². The van der Waals surface area contributed by atoms with Crippen molar-refractivity contribution in [2.75, 3.05) is 0 Å². The molecule has 0 aliphatic heterocycles. The number of hydrogen-bond donors (Lipinski definition) is 4. The fourth-order valence-electron chi connectivity index (χ4n) is 2.43. The molecule has 124 valence electrons. The van der Waals surface area contributed by atoms with Gasteiger partial charge in [-0.15, -0.1) is 0 Å². The summed E-state index contributed by atoms with van der Waals surface area (Å²) in [6, 6.07) is 11.5. The van der Waals surface area contributed by atoms with E-state index >= 15 is 0 Å². The second-order valence-corrected chi connectivity index (χ2v) is 6.67. The summed E-state index contributed by atoms with van der Waals surface area (Å²) in [5.41, 5.74) is 25.8. The second kappa shape index (κ2) is 5.94. The smallest absolute Gasteiger partial charge is 0.133 e. The molecule has 2 aromatic rings. The predicted octanol–water partition coefficient (Wildman–Crippen LogP) is 2.28. The lowest BCUT2D eigenvalue weighted by Crippen LogP contribution is -2.43. The molecule has 0 aliphatic carbocycles. The minimum absolute atomic E-state index is 0.595. The number of benzene rings is 2. The number of hydrogen-bond acceptors (Lipinski definition) is 5.